The van der Waals surface area contributed by atoms with Crippen LogP contribution in [0, 0.1) is 0 Å². The molecule has 4 nitrogen and oxygen atoms in total. The molecular weight excluding hydrogens is 360 g/mol. The SMILES string of the molecule is O=C1COc2ccc(-c3cc(-c4ccccc4)cc(-c4ccccc4)n3)cc2N1. The molecule has 4 aromatic rings. The maximum absolute atomic E-state index is 11.7. The van der Waals surface area contributed by atoms with Crippen molar-refractivity contribution in [3.63, 3.8) is 0 Å². The molecular formula is C25H18N2O2. The number of benzene rings is 3. The smallest absolute Gasteiger partial charge is 0.262 e. The lowest BCUT2D eigenvalue weighted by Gasteiger charge is -2.18. The molecule has 0 saturated carbocycles. The Bertz CT molecular complexity index is 1130. The van der Waals surface area contributed by atoms with Crippen molar-refractivity contribution in [3.05, 3.63) is 91.0 Å². The van der Waals surface area contributed by atoms with Gasteiger partial charge in [0.25, 0.3) is 5.91 Å². The molecule has 1 aromatic heterocycles. The molecule has 2 heterocycles. The first-order valence-corrected chi connectivity index (χ1v) is 9.46. The van der Waals surface area contributed by atoms with Crippen molar-refractivity contribution < 1.29 is 9.53 Å². The summed E-state index contributed by atoms with van der Waals surface area (Å²) in [6.07, 6.45) is 0. The number of nitrogens with zero attached hydrogens (tertiary/aromatic N) is 1. The van der Waals surface area contributed by atoms with E-state index in [9.17, 15) is 4.79 Å². The second kappa shape index (κ2) is 7.24. The molecule has 1 amide bonds. The van der Waals surface area contributed by atoms with Gasteiger partial charge in [0.2, 0.25) is 0 Å². The fourth-order valence-corrected chi connectivity index (χ4v) is 3.47. The molecule has 3 aromatic carbocycles. The summed E-state index contributed by atoms with van der Waals surface area (Å²) in [4.78, 5) is 16.6. The van der Waals surface area contributed by atoms with E-state index in [-0.39, 0.29) is 12.5 Å². The number of fused-ring (bicyclic) bond motifs is 1. The third kappa shape index (κ3) is 3.48. The molecule has 0 fully saturated rings. The summed E-state index contributed by atoms with van der Waals surface area (Å²) >= 11 is 0. The number of hydrogen-bond donors (Lipinski definition) is 1. The highest BCUT2D eigenvalue weighted by atomic mass is 16.5. The van der Waals surface area contributed by atoms with Crippen molar-refractivity contribution >= 4 is 11.6 Å². The van der Waals surface area contributed by atoms with Crippen LogP contribution in [0.5, 0.6) is 5.75 Å². The van der Waals surface area contributed by atoms with Gasteiger partial charge >= 0.3 is 0 Å². The lowest BCUT2D eigenvalue weighted by atomic mass is 9.99. The topological polar surface area (TPSA) is 51.2 Å². The average Bonchev–Trinajstić information content (AvgIpc) is 2.79. The number of aromatic nitrogens is 1. The number of nitrogens with one attached hydrogen (secondary N) is 1. The van der Waals surface area contributed by atoms with E-state index in [0.717, 1.165) is 33.6 Å². The number of ether oxygens (including phenoxy) is 1. The second-order valence-corrected chi connectivity index (χ2v) is 6.91. The van der Waals surface area contributed by atoms with Crippen molar-refractivity contribution in [3.8, 4) is 39.4 Å². The monoisotopic (exact) mass is 378 g/mol. The van der Waals surface area contributed by atoms with E-state index in [0.29, 0.717) is 11.4 Å². The molecule has 0 bridgehead atoms. The van der Waals surface area contributed by atoms with E-state index >= 15 is 0 Å². The van der Waals surface area contributed by atoms with Crippen LogP contribution in [-0.2, 0) is 4.79 Å². The first-order valence-electron chi connectivity index (χ1n) is 9.46. The molecule has 1 N–H and O–H groups in total. The maximum atomic E-state index is 11.7. The average molecular weight is 378 g/mol. The van der Waals surface area contributed by atoms with Crippen molar-refractivity contribution in [1.29, 1.82) is 0 Å². The Balaban J connectivity index is 1.66. The van der Waals surface area contributed by atoms with Gasteiger partial charge in [0.15, 0.2) is 6.61 Å². The number of rotatable bonds is 3. The number of amides is 1. The molecule has 0 aliphatic carbocycles. The van der Waals surface area contributed by atoms with E-state index in [1.807, 2.05) is 54.6 Å². The Morgan fingerprint density at radius 3 is 2.07 bits per heavy atom. The summed E-state index contributed by atoms with van der Waals surface area (Å²) < 4.78 is 5.48. The van der Waals surface area contributed by atoms with Gasteiger partial charge in [-0.25, -0.2) is 4.98 Å². The molecule has 29 heavy (non-hydrogen) atoms. The molecule has 0 spiro atoms. The van der Waals surface area contributed by atoms with Crippen LogP contribution in [0.3, 0.4) is 0 Å². The lowest BCUT2D eigenvalue weighted by molar-refractivity contribution is -0.118. The standard InChI is InChI=1S/C25H18N2O2/c28-25-16-29-24-12-11-19(13-23(24)27-25)22-15-20(17-7-3-1-4-8-17)14-21(26-22)18-9-5-2-6-10-18/h1-15H,16H2,(H,27,28). The summed E-state index contributed by atoms with van der Waals surface area (Å²) in [5.41, 5.74) is 6.61. The van der Waals surface area contributed by atoms with Gasteiger partial charge in [-0.2, -0.15) is 0 Å². The van der Waals surface area contributed by atoms with Crippen LogP contribution >= 0.6 is 0 Å². The van der Waals surface area contributed by atoms with Crippen LogP contribution in [0.4, 0.5) is 5.69 Å². The first kappa shape index (κ1) is 17.2. The zero-order valence-corrected chi connectivity index (χ0v) is 15.6. The number of anilines is 1. The minimum atomic E-state index is -0.148. The molecule has 5 rings (SSSR count). The first-order chi connectivity index (χ1) is 14.3. The zero-order valence-electron chi connectivity index (χ0n) is 15.6. The molecule has 0 saturated heterocycles. The third-order valence-electron chi connectivity index (χ3n) is 4.91. The molecule has 1 aliphatic heterocycles. The van der Waals surface area contributed by atoms with E-state index in [1.54, 1.807) is 0 Å². The van der Waals surface area contributed by atoms with Crippen molar-refractivity contribution in [2.75, 3.05) is 11.9 Å². The zero-order chi connectivity index (χ0) is 19.6. The largest absolute Gasteiger partial charge is 0.482 e. The normalized spacial score (nSPS) is 12.6. The van der Waals surface area contributed by atoms with Gasteiger partial charge in [0, 0.05) is 11.1 Å². The van der Waals surface area contributed by atoms with E-state index in [4.69, 9.17) is 9.72 Å². The number of carbonyl (C=O) groups excluding carboxylic acids is 1. The highest BCUT2D eigenvalue weighted by molar-refractivity contribution is 5.96. The minimum Gasteiger partial charge on any atom is -0.482 e. The van der Waals surface area contributed by atoms with Gasteiger partial charge in [-0.1, -0.05) is 60.7 Å². The van der Waals surface area contributed by atoms with E-state index in [1.165, 1.54) is 0 Å². The number of carbonyl (C=O) groups is 1. The third-order valence-corrected chi connectivity index (χ3v) is 4.91. The summed E-state index contributed by atoms with van der Waals surface area (Å²) in [7, 11) is 0. The summed E-state index contributed by atoms with van der Waals surface area (Å²) in [6, 6.07) is 30.3. The van der Waals surface area contributed by atoms with Crippen LogP contribution in [0.1, 0.15) is 0 Å². The highest BCUT2D eigenvalue weighted by Crippen LogP contribution is 2.35. The number of hydrogen-bond acceptors (Lipinski definition) is 3. The van der Waals surface area contributed by atoms with Gasteiger partial charge in [-0.15, -0.1) is 0 Å². The summed E-state index contributed by atoms with van der Waals surface area (Å²) in [5.74, 6) is 0.529. The predicted molar refractivity (Wildman–Crippen MR) is 115 cm³/mol. The minimum absolute atomic E-state index is 0.0479. The molecule has 1 aliphatic rings. The Labute approximate surface area is 168 Å². The summed E-state index contributed by atoms with van der Waals surface area (Å²) in [5, 5.41) is 2.87. The Kier molecular flexibility index (Phi) is 4.30. The second-order valence-electron chi connectivity index (χ2n) is 6.91. The van der Waals surface area contributed by atoms with Crippen molar-refractivity contribution in [2.24, 2.45) is 0 Å². The van der Waals surface area contributed by atoms with Crippen LogP contribution in [0.15, 0.2) is 91.0 Å². The van der Waals surface area contributed by atoms with E-state index < -0.39 is 0 Å². The van der Waals surface area contributed by atoms with Crippen LogP contribution < -0.4 is 10.1 Å². The molecule has 0 atom stereocenters. The highest BCUT2D eigenvalue weighted by Gasteiger charge is 2.17. The van der Waals surface area contributed by atoms with Gasteiger partial charge in [-0.3, -0.25) is 4.79 Å². The molecule has 0 radical (unpaired) electrons. The molecule has 140 valence electrons. The number of pyridine rings is 1. The molecule has 4 heteroatoms. The van der Waals surface area contributed by atoms with Gasteiger partial charge in [-0.05, 0) is 41.5 Å². The lowest BCUT2D eigenvalue weighted by Crippen LogP contribution is -2.25. The molecule has 0 unspecified atom stereocenters. The van der Waals surface area contributed by atoms with Gasteiger partial charge in [0.1, 0.15) is 5.75 Å². The fraction of sp³-hybridized carbons (Fsp3) is 0.0400. The Morgan fingerprint density at radius 1 is 0.690 bits per heavy atom. The Hall–Kier alpha value is -3.92. The van der Waals surface area contributed by atoms with Crippen molar-refractivity contribution in [1.82, 2.24) is 4.98 Å². The fourth-order valence-electron chi connectivity index (χ4n) is 3.47. The van der Waals surface area contributed by atoms with Crippen LogP contribution in [0.2, 0.25) is 0 Å². The van der Waals surface area contributed by atoms with Gasteiger partial charge in [0.05, 0.1) is 17.1 Å². The summed E-state index contributed by atoms with van der Waals surface area (Å²) in [6.45, 7) is 0.0479. The van der Waals surface area contributed by atoms with Crippen LogP contribution in [-0.4, -0.2) is 17.5 Å². The maximum Gasteiger partial charge on any atom is 0.262 e. The van der Waals surface area contributed by atoms with E-state index in [2.05, 4.69) is 41.7 Å². The van der Waals surface area contributed by atoms with Crippen LogP contribution in [0.25, 0.3) is 33.6 Å². The quantitative estimate of drug-likeness (QED) is 0.518. The van der Waals surface area contributed by atoms with Crippen molar-refractivity contribution in [2.45, 2.75) is 0 Å². The Morgan fingerprint density at radius 2 is 1.34 bits per heavy atom. The van der Waals surface area contributed by atoms with Gasteiger partial charge < -0.3 is 10.1 Å². The predicted octanol–water partition coefficient (Wildman–Crippen LogP) is 5.41.